The van der Waals surface area contributed by atoms with Gasteiger partial charge < -0.3 is 4.90 Å². The fraction of sp³-hybridized carbons (Fsp3) is 0.400. The van der Waals surface area contributed by atoms with Crippen LogP contribution in [0.3, 0.4) is 0 Å². The number of piperidine rings is 1. The van der Waals surface area contributed by atoms with E-state index in [0.29, 0.717) is 23.1 Å². The first-order chi connectivity index (χ1) is 13.7. The van der Waals surface area contributed by atoms with Gasteiger partial charge in [0, 0.05) is 24.8 Å². The Labute approximate surface area is 161 Å². The summed E-state index contributed by atoms with van der Waals surface area (Å²) in [7, 11) is 0. The maximum atomic E-state index is 13.9. The van der Waals surface area contributed by atoms with E-state index in [4.69, 9.17) is 0 Å². The van der Waals surface area contributed by atoms with Crippen molar-refractivity contribution in [1.82, 2.24) is 24.3 Å². The fourth-order valence-electron chi connectivity index (χ4n) is 3.53. The lowest BCUT2D eigenvalue weighted by Gasteiger charge is -2.27. The molecule has 8 heteroatoms. The number of aromatic nitrogens is 5. The van der Waals surface area contributed by atoms with E-state index in [1.54, 1.807) is 25.3 Å². The summed E-state index contributed by atoms with van der Waals surface area (Å²) in [6.45, 7) is 3.97. The molecular formula is C20H21FN6O. The predicted octanol–water partition coefficient (Wildman–Crippen LogP) is 2.19. The first-order valence-corrected chi connectivity index (χ1v) is 9.39. The van der Waals surface area contributed by atoms with Crippen LogP contribution < -0.4 is 10.5 Å². The number of anilines is 1. The Morgan fingerprint density at radius 1 is 1.25 bits per heavy atom. The number of rotatable bonds is 4. The van der Waals surface area contributed by atoms with Crippen LogP contribution in [0.25, 0.3) is 11.0 Å². The second-order valence-electron chi connectivity index (χ2n) is 6.77. The number of nitrogens with zero attached hydrogens (tertiary/aromatic N) is 6. The summed E-state index contributed by atoms with van der Waals surface area (Å²) in [6, 6.07) is 3.23. The van der Waals surface area contributed by atoms with Crippen molar-refractivity contribution in [1.29, 1.82) is 0 Å². The first kappa shape index (κ1) is 18.2. The summed E-state index contributed by atoms with van der Waals surface area (Å²) in [4.78, 5) is 23.7. The third-order valence-corrected chi connectivity index (χ3v) is 4.94. The predicted molar refractivity (Wildman–Crippen MR) is 105 cm³/mol. The highest BCUT2D eigenvalue weighted by atomic mass is 19.1. The van der Waals surface area contributed by atoms with Gasteiger partial charge in [0.15, 0.2) is 0 Å². The van der Waals surface area contributed by atoms with Crippen LogP contribution in [0.4, 0.5) is 10.3 Å². The van der Waals surface area contributed by atoms with E-state index >= 15 is 0 Å². The van der Waals surface area contributed by atoms with Gasteiger partial charge in [-0.3, -0.25) is 9.36 Å². The normalized spacial score (nSPS) is 14.1. The highest BCUT2D eigenvalue weighted by Gasteiger charge is 2.22. The molecule has 0 N–H and O–H groups in total. The highest BCUT2D eigenvalue weighted by molar-refractivity contribution is 5.77. The minimum absolute atomic E-state index is 0.0120. The van der Waals surface area contributed by atoms with Gasteiger partial charge in [0.05, 0.1) is 19.3 Å². The summed E-state index contributed by atoms with van der Waals surface area (Å²) >= 11 is 0. The topological polar surface area (TPSA) is 68.8 Å². The molecule has 0 bridgehead atoms. The van der Waals surface area contributed by atoms with E-state index in [1.807, 2.05) is 4.57 Å². The zero-order chi connectivity index (χ0) is 19.5. The Bertz CT molecular complexity index is 1120. The van der Waals surface area contributed by atoms with Gasteiger partial charge in [-0.05, 0) is 32.3 Å². The van der Waals surface area contributed by atoms with Gasteiger partial charge in [-0.1, -0.05) is 12.0 Å². The average molecular weight is 380 g/mol. The van der Waals surface area contributed by atoms with Gasteiger partial charge in [-0.15, -0.1) is 5.92 Å². The smallest absolute Gasteiger partial charge is 0.293 e. The van der Waals surface area contributed by atoms with Crippen molar-refractivity contribution in [3.8, 4) is 11.8 Å². The van der Waals surface area contributed by atoms with Crippen LogP contribution in [0, 0.1) is 17.8 Å². The molecule has 0 saturated carbocycles. The van der Waals surface area contributed by atoms with Gasteiger partial charge >= 0.3 is 0 Å². The van der Waals surface area contributed by atoms with Gasteiger partial charge in [0.1, 0.15) is 11.0 Å². The van der Waals surface area contributed by atoms with E-state index < -0.39 is 5.95 Å². The summed E-state index contributed by atoms with van der Waals surface area (Å²) in [5.41, 5.74) is 0.982. The zero-order valence-corrected chi connectivity index (χ0v) is 15.7. The van der Waals surface area contributed by atoms with Crippen LogP contribution >= 0.6 is 0 Å². The molecule has 7 nitrogen and oxygen atoms in total. The van der Waals surface area contributed by atoms with Crippen molar-refractivity contribution in [2.75, 3.05) is 18.0 Å². The molecule has 0 spiro atoms. The van der Waals surface area contributed by atoms with Crippen molar-refractivity contribution in [2.45, 2.75) is 39.3 Å². The molecule has 28 heavy (non-hydrogen) atoms. The van der Waals surface area contributed by atoms with Crippen molar-refractivity contribution >= 4 is 17.0 Å². The Morgan fingerprint density at radius 2 is 2.07 bits per heavy atom. The standard InChI is InChI=1S/C20H21FN6O/c1-2-3-12-26-17-16(24-20(26)25-10-5-4-6-11-25)13-23-27(19(17)28)14-15-8-7-9-22-18(15)21/h7-9,13H,4-6,10-12,14H2,1H3. The minimum atomic E-state index is -0.601. The van der Waals surface area contributed by atoms with E-state index in [1.165, 1.54) is 17.3 Å². The Balaban J connectivity index is 1.82. The van der Waals surface area contributed by atoms with E-state index in [2.05, 4.69) is 31.8 Å². The van der Waals surface area contributed by atoms with Crippen LogP contribution in [0.2, 0.25) is 0 Å². The van der Waals surface area contributed by atoms with Crippen molar-refractivity contribution in [2.24, 2.45) is 0 Å². The molecule has 144 valence electrons. The van der Waals surface area contributed by atoms with Crippen LogP contribution in [0.15, 0.2) is 29.3 Å². The Morgan fingerprint density at radius 3 is 2.82 bits per heavy atom. The molecule has 0 aliphatic carbocycles. The fourth-order valence-corrected chi connectivity index (χ4v) is 3.53. The molecular weight excluding hydrogens is 359 g/mol. The summed E-state index contributed by atoms with van der Waals surface area (Å²) in [5, 5.41) is 4.20. The molecule has 3 aromatic heterocycles. The van der Waals surface area contributed by atoms with Crippen molar-refractivity contribution in [3.63, 3.8) is 0 Å². The lowest BCUT2D eigenvalue weighted by molar-refractivity contribution is 0.542. The molecule has 0 unspecified atom stereocenters. The summed E-state index contributed by atoms with van der Waals surface area (Å²) in [6.07, 6.45) is 6.35. The third-order valence-electron chi connectivity index (χ3n) is 4.94. The van der Waals surface area contributed by atoms with Gasteiger partial charge in [-0.2, -0.15) is 9.49 Å². The van der Waals surface area contributed by atoms with Crippen LogP contribution in [0.1, 0.15) is 31.7 Å². The van der Waals surface area contributed by atoms with E-state index in [0.717, 1.165) is 31.9 Å². The SMILES string of the molecule is CC#CCn1c(N2CCCCC2)nc2cnn(Cc3cccnc3F)c(=O)c21. The first-order valence-electron chi connectivity index (χ1n) is 9.39. The third kappa shape index (κ3) is 3.36. The lowest BCUT2D eigenvalue weighted by Crippen LogP contribution is -2.32. The molecule has 0 aromatic carbocycles. The monoisotopic (exact) mass is 380 g/mol. The molecule has 4 heterocycles. The number of hydrogen-bond donors (Lipinski definition) is 0. The number of hydrogen-bond acceptors (Lipinski definition) is 5. The van der Waals surface area contributed by atoms with Crippen LogP contribution in [-0.2, 0) is 13.1 Å². The molecule has 1 saturated heterocycles. The van der Waals surface area contributed by atoms with Crippen LogP contribution in [-0.4, -0.2) is 37.4 Å². The number of fused-ring (bicyclic) bond motifs is 1. The molecule has 3 aromatic rings. The van der Waals surface area contributed by atoms with Crippen molar-refractivity contribution in [3.05, 3.63) is 46.4 Å². The van der Waals surface area contributed by atoms with E-state index in [-0.39, 0.29) is 12.1 Å². The molecule has 0 atom stereocenters. The molecule has 1 aliphatic heterocycles. The Hall–Kier alpha value is -3.21. The molecule has 1 aliphatic rings. The number of halogens is 1. The average Bonchev–Trinajstić information content (AvgIpc) is 3.10. The minimum Gasteiger partial charge on any atom is -0.342 e. The largest absolute Gasteiger partial charge is 0.342 e. The molecule has 1 fully saturated rings. The number of pyridine rings is 1. The lowest BCUT2D eigenvalue weighted by atomic mass is 10.1. The van der Waals surface area contributed by atoms with Crippen LogP contribution in [0.5, 0.6) is 0 Å². The Kier molecular flexibility index (Phi) is 5.06. The molecule has 0 amide bonds. The maximum absolute atomic E-state index is 13.9. The van der Waals surface area contributed by atoms with Crippen molar-refractivity contribution < 1.29 is 4.39 Å². The van der Waals surface area contributed by atoms with E-state index in [9.17, 15) is 9.18 Å². The summed E-state index contributed by atoms with van der Waals surface area (Å²) in [5.74, 6) is 6.07. The highest BCUT2D eigenvalue weighted by Crippen LogP contribution is 2.23. The number of imidazole rings is 1. The van der Waals surface area contributed by atoms with Gasteiger partial charge in [0.25, 0.3) is 5.56 Å². The second-order valence-corrected chi connectivity index (χ2v) is 6.77. The zero-order valence-electron chi connectivity index (χ0n) is 15.7. The molecule has 0 radical (unpaired) electrons. The quantitative estimate of drug-likeness (QED) is 0.513. The van der Waals surface area contributed by atoms with Gasteiger partial charge in [0.2, 0.25) is 11.9 Å². The molecule has 4 rings (SSSR count). The maximum Gasteiger partial charge on any atom is 0.293 e. The second kappa shape index (κ2) is 7.80. The summed E-state index contributed by atoms with van der Waals surface area (Å²) < 4.78 is 17.0. The van der Waals surface area contributed by atoms with Gasteiger partial charge in [-0.25, -0.2) is 14.6 Å².